The average molecular weight is 565 g/mol. The predicted octanol–water partition coefficient (Wildman–Crippen LogP) is 9.92. The van der Waals surface area contributed by atoms with Gasteiger partial charge in [-0.1, -0.05) is 121 Å². The van der Waals surface area contributed by atoms with Crippen molar-refractivity contribution >= 4 is 16.9 Å². The molecule has 4 nitrogen and oxygen atoms in total. The summed E-state index contributed by atoms with van der Waals surface area (Å²) in [6.07, 6.45) is 9.61. The van der Waals surface area contributed by atoms with Gasteiger partial charge in [0.1, 0.15) is 0 Å². The van der Waals surface area contributed by atoms with Gasteiger partial charge in [0.25, 0.3) is 0 Å². The molecule has 0 fully saturated rings. The number of benzene rings is 5. The molecular formula is C40H28N4. The quantitative estimate of drug-likeness (QED) is 0.214. The van der Waals surface area contributed by atoms with Crippen molar-refractivity contribution < 1.29 is 0 Å². The SMILES string of the molecule is C1=CCC2=C(C=C1)N(c1ccc(-c3nc(-c4ccccc4)nc(-c4ccccc4)n3)cc1)c1ccccc1-c1ccccc12. The summed E-state index contributed by atoms with van der Waals surface area (Å²) in [4.78, 5) is 17.1. The Morgan fingerprint density at radius 3 is 1.61 bits per heavy atom. The first kappa shape index (κ1) is 25.8. The number of para-hydroxylation sites is 1. The highest BCUT2D eigenvalue weighted by Gasteiger charge is 2.26. The van der Waals surface area contributed by atoms with Crippen molar-refractivity contribution in [3.05, 3.63) is 169 Å². The van der Waals surface area contributed by atoms with Crippen LogP contribution in [0.4, 0.5) is 11.4 Å². The van der Waals surface area contributed by atoms with Gasteiger partial charge in [0.2, 0.25) is 0 Å². The zero-order chi connectivity index (χ0) is 29.3. The van der Waals surface area contributed by atoms with Gasteiger partial charge in [-0.15, -0.1) is 0 Å². The first-order valence-corrected chi connectivity index (χ1v) is 14.9. The molecular weight excluding hydrogens is 536 g/mol. The maximum Gasteiger partial charge on any atom is 0.164 e. The highest BCUT2D eigenvalue weighted by molar-refractivity contribution is 5.97. The van der Waals surface area contributed by atoms with Crippen LogP contribution in [0.15, 0.2) is 163 Å². The van der Waals surface area contributed by atoms with Crippen molar-refractivity contribution in [1.29, 1.82) is 0 Å². The molecule has 2 aliphatic rings. The zero-order valence-corrected chi connectivity index (χ0v) is 24.0. The van der Waals surface area contributed by atoms with Crippen molar-refractivity contribution in [2.24, 2.45) is 0 Å². The van der Waals surface area contributed by atoms with Gasteiger partial charge in [0.15, 0.2) is 17.5 Å². The van der Waals surface area contributed by atoms with E-state index >= 15 is 0 Å². The minimum atomic E-state index is 0.645. The fourth-order valence-electron chi connectivity index (χ4n) is 6.06. The van der Waals surface area contributed by atoms with E-state index in [0.29, 0.717) is 17.5 Å². The summed E-state index contributed by atoms with van der Waals surface area (Å²) < 4.78 is 0. The van der Waals surface area contributed by atoms with Gasteiger partial charge in [-0.2, -0.15) is 0 Å². The molecule has 1 aromatic heterocycles. The van der Waals surface area contributed by atoms with Gasteiger partial charge in [-0.05, 0) is 59.5 Å². The Hall–Kier alpha value is -5.87. The number of nitrogens with zero attached hydrogens (tertiary/aromatic N) is 4. The van der Waals surface area contributed by atoms with E-state index in [1.54, 1.807) is 0 Å². The number of fused-ring (bicyclic) bond motifs is 4. The van der Waals surface area contributed by atoms with Gasteiger partial charge >= 0.3 is 0 Å². The lowest BCUT2D eigenvalue weighted by Gasteiger charge is -2.28. The summed E-state index contributed by atoms with van der Waals surface area (Å²) in [5.41, 5.74) is 11.3. The third-order valence-corrected chi connectivity index (χ3v) is 8.14. The predicted molar refractivity (Wildman–Crippen MR) is 180 cm³/mol. The van der Waals surface area contributed by atoms with Crippen molar-refractivity contribution in [2.75, 3.05) is 4.90 Å². The van der Waals surface area contributed by atoms with E-state index in [2.05, 4.69) is 102 Å². The molecule has 1 aliphatic heterocycles. The normalized spacial score (nSPS) is 13.5. The van der Waals surface area contributed by atoms with Crippen LogP contribution in [0.3, 0.4) is 0 Å². The molecule has 0 N–H and O–H groups in total. The van der Waals surface area contributed by atoms with Crippen LogP contribution >= 0.6 is 0 Å². The Balaban J connectivity index is 1.27. The average Bonchev–Trinajstić information content (AvgIpc) is 3.41. The van der Waals surface area contributed by atoms with Crippen LogP contribution in [0.1, 0.15) is 12.0 Å². The minimum absolute atomic E-state index is 0.645. The third-order valence-electron chi connectivity index (χ3n) is 8.14. The van der Waals surface area contributed by atoms with E-state index < -0.39 is 0 Å². The molecule has 2 heterocycles. The molecule has 0 saturated heterocycles. The number of allylic oxidation sites excluding steroid dienone is 5. The maximum atomic E-state index is 4.93. The third kappa shape index (κ3) is 4.63. The molecule has 208 valence electrons. The summed E-state index contributed by atoms with van der Waals surface area (Å²) in [5.74, 6) is 1.96. The second kappa shape index (κ2) is 11.1. The Bertz CT molecular complexity index is 2020. The molecule has 44 heavy (non-hydrogen) atoms. The molecule has 0 saturated carbocycles. The van der Waals surface area contributed by atoms with Gasteiger partial charge < -0.3 is 4.90 Å². The zero-order valence-electron chi connectivity index (χ0n) is 24.0. The number of hydrogen-bond donors (Lipinski definition) is 0. The first-order chi connectivity index (χ1) is 21.8. The van der Waals surface area contributed by atoms with Crippen molar-refractivity contribution in [3.8, 4) is 45.3 Å². The molecule has 0 atom stereocenters. The highest BCUT2D eigenvalue weighted by Crippen LogP contribution is 2.47. The Labute approximate surface area is 257 Å². The summed E-state index contributed by atoms with van der Waals surface area (Å²) in [5, 5.41) is 0. The van der Waals surface area contributed by atoms with E-state index in [0.717, 1.165) is 34.5 Å². The standard InChI is InChI=1S/C40H28N4/c1-4-14-28(15-5-1)38-41-39(29-16-6-2-7-17-29)43-40(42-38)30-24-26-31(27-25-30)44-36-22-9-3-8-20-34(36)32-18-10-11-19-33(32)35-21-12-13-23-37(35)44/h1-19,21-27H,20H2. The van der Waals surface area contributed by atoms with E-state index in [-0.39, 0.29) is 0 Å². The van der Waals surface area contributed by atoms with Gasteiger partial charge in [0.05, 0.1) is 11.4 Å². The van der Waals surface area contributed by atoms with Crippen LogP contribution in [-0.2, 0) is 0 Å². The van der Waals surface area contributed by atoms with Gasteiger partial charge in [-0.25, -0.2) is 15.0 Å². The number of anilines is 2. The summed E-state index contributed by atoms with van der Waals surface area (Å²) in [6, 6.07) is 46.2. The lowest BCUT2D eigenvalue weighted by atomic mass is 9.93. The summed E-state index contributed by atoms with van der Waals surface area (Å²) in [7, 11) is 0. The van der Waals surface area contributed by atoms with Crippen LogP contribution in [0.25, 0.3) is 50.9 Å². The van der Waals surface area contributed by atoms with E-state index in [4.69, 9.17) is 15.0 Å². The lowest BCUT2D eigenvalue weighted by molar-refractivity contribution is 1.07. The van der Waals surface area contributed by atoms with Crippen LogP contribution in [0.2, 0.25) is 0 Å². The molecule has 1 aliphatic carbocycles. The Kier molecular flexibility index (Phi) is 6.50. The summed E-state index contributed by atoms with van der Waals surface area (Å²) >= 11 is 0. The molecule has 0 radical (unpaired) electrons. The summed E-state index contributed by atoms with van der Waals surface area (Å²) in [6.45, 7) is 0. The molecule has 0 bridgehead atoms. The van der Waals surface area contributed by atoms with Crippen molar-refractivity contribution in [1.82, 2.24) is 15.0 Å². The molecule has 4 heteroatoms. The smallest absolute Gasteiger partial charge is 0.164 e. The number of aromatic nitrogens is 3. The second-order valence-electron chi connectivity index (χ2n) is 10.8. The van der Waals surface area contributed by atoms with E-state index in [9.17, 15) is 0 Å². The maximum absolute atomic E-state index is 4.93. The highest BCUT2D eigenvalue weighted by atomic mass is 15.2. The molecule has 5 aromatic carbocycles. The van der Waals surface area contributed by atoms with Crippen LogP contribution < -0.4 is 4.90 Å². The van der Waals surface area contributed by atoms with Crippen molar-refractivity contribution in [2.45, 2.75) is 6.42 Å². The molecule has 0 unspecified atom stereocenters. The number of hydrogen-bond acceptors (Lipinski definition) is 4. The lowest BCUT2D eigenvalue weighted by Crippen LogP contribution is -2.16. The monoisotopic (exact) mass is 564 g/mol. The van der Waals surface area contributed by atoms with Crippen LogP contribution in [0.5, 0.6) is 0 Å². The van der Waals surface area contributed by atoms with Crippen LogP contribution in [-0.4, -0.2) is 15.0 Å². The number of rotatable bonds is 4. The second-order valence-corrected chi connectivity index (χ2v) is 10.8. The fraction of sp³-hybridized carbons (Fsp3) is 0.0250. The topological polar surface area (TPSA) is 41.9 Å². The fourth-order valence-corrected chi connectivity index (χ4v) is 6.06. The van der Waals surface area contributed by atoms with Crippen molar-refractivity contribution in [3.63, 3.8) is 0 Å². The van der Waals surface area contributed by atoms with Crippen LogP contribution in [0, 0.1) is 0 Å². The van der Waals surface area contributed by atoms with Gasteiger partial charge in [-0.3, -0.25) is 0 Å². The molecule has 8 rings (SSSR count). The molecule has 0 spiro atoms. The Morgan fingerprint density at radius 1 is 0.455 bits per heavy atom. The molecule has 6 aromatic rings. The van der Waals surface area contributed by atoms with Gasteiger partial charge in [0, 0.05) is 27.9 Å². The minimum Gasteiger partial charge on any atom is -0.310 e. The molecule has 0 amide bonds. The largest absolute Gasteiger partial charge is 0.310 e. The Morgan fingerprint density at radius 2 is 0.977 bits per heavy atom. The van der Waals surface area contributed by atoms with E-state index in [1.165, 1.54) is 28.0 Å². The van der Waals surface area contributed by atoms with E-state index in [1.807, 2.05) is 60.7 Å². The first-order valence-electron chi connectivity index (χ1n) is 14.9.